The van der Waals surface area contributed by atoms with Gasteiger partial charge in [-0.15, -0.1) is 0 Å². The lowest BCUT2D eigenvalue weighted by Gasteiger charge is -2.15. The second-order valence-corrected chi connectivity index (χ2v) is 3.30. The maximum Gasteiger partial charge on any atom is 0.258 e. The number of benzene rings is 1. The van der Waals surface area contributed by atoms with Crippen LogP contribution < -0.4 is 10.0 Å². The van der Waals surface area contributed by atoms with Crippen LogP contribution in [0.4, 0.5) is 10.1 Å². The SMILES string of the molecule is O=C([O-])c1ccc(N2C(=O)C=CC2=O)c(F)c1. The van der Waals surface area contributed by atoms with Crippen molar-refractivity contribution in [1.82, 2.24) is 0 Å². The average Bonchev–Trinajstić information content (AvgIpc) is 2.59. The Kier molecular flexibility index (Phi) is 2.47. The topological polar surface area (TPSA) is 77.5 Å². The first-order chi connectivity index (χ1) is 8.00. The Bertz CT molecular complexity index is 547. The largest absolute Gasteiger partial charge is 0.545 e. The molecule has 0 fully saturated rings. The minimum atomic E-state index is -1.53. The lowest BCUT2D eigenvalue weighted by molar-refractivity contribution is -0.255. The smallest absolute Gasteiger partial charge is 0.258 e. The van der Waals surface area contributed by atoms with Crippen LogP contribution in [0.5, 0.6) is 0 Å². The zero-order chi connectivity index (χ0) is 12.6. The van der Waals surface area contributed by atoms with Crippen LogP contribution in [0.2, 0.25) is 0 Å². The van der Waals surface area contributed by atoms with Crippen molar-refractivity contribution in [2.24, 2.45) is 0 Å². The third kappa shape index (κ3) is 1.80. The summed E-state index contributed by atoms with van der Waals surface area (Å²) in [6, 6.07) is 2.80. The summed E-state index contributed by atoms with van der Waals surface area (Å²) in [6.45, 7) is 0. The highest BCUT2D eigenvalue weighted by atomic mass is 19.1. The molecule has 0 saturated carbocycles. The number of nitrogens with zero attached hydrogens (tertiary/aromatic N) is 1. The first-order valence-corrected chi connectivity index (χ1v) is 4.58. The number of carbonyl (C=O) groups excluding carboxylic acids is 3. The third-order valence-electron chi connectivity index (χ3n) is 2.23. The van der Waals surface area contributed by atoms with Gasteiger partial charge in [-0.05, 0) is 12.1 Å². The third-order valence-corrected chi connectivity index (χ3v) is 2.23. The summed E-state index contributed by atoms with van der Waals surface area (Å²) in [5.74, 6) is -3.85. The van der Waals surface area contributed by atoms with Crippen molar-refractivity contribution in [2.75, 3.05) is 4.90 Å². The van der Waals surface area contributed by atoms with Gasteiger partial charge < -0.3 is 9.90 Å². The molecule has 1 aliphatic rings. The molecular weight excluding hydrogens is 229 g/mol. The number of imide groups is 1. The fraction of sp³-hybridized carbons (Fsp3) is 0. The van der Waals surface area contributed by atoms with Gasteiger partial charge in [0.1, 0.15) is 5.82 Å². The van der Waals surface area contributed by atoms with Crippen LogP contribution in [0.25, 0.3) is 0 Å². The van der Waals surface area contributed by atoms with E-state index in [0.717, 1.165) is 24.3 Å². The van der Waals surface area contributed by atoms with Gasteiger partial charge in [-0.25, -0.2) is 9.29 Å². The van der Waals surface area contributed by atoms with Gasteiger partial charge in [0.2, 0.25) is 0 Å². The number of amides is 2. The monoisotopic (exact) mass is 234 g/mol. The molecule has 1 aliphatic heterocycles. The van der Waals surface area contributed by atoms with Gasteiger partial charge in [-0.1, -0.05) is 6.07 Å². The Morgan fingerprint density at radius 1 is 1.18 bits per heavy atom. The van der Waals surface area contributed by atoms with E-state index in [1.807, 2.05) is 0 Å². The lowest BCUT2D eigenvalue weighted by atomic mass is 10.2. The number of rotatable bonds is 2. The molecule has 0 bridgehead atoms. The molecule has 6 heteroatoms. The first-order valence-electron chi connectivity index (χ1n) is 4.58. The number of hydrogen-bond donors (Lipinski definition) is 0. The fourth-order valence-corrected chi connectivity index (χ4v) is 1.45. The van der Waals surface area contributed by atoms with Crippen molar-refractivity contribution in [2.45, 2.75) is 0 Å². The Morgan fingerprint density at radius 3 is 2.24 bits per heavy atom. The van der Waals surface area contributed by atoms with Crippen molar-refractivity contribution in [3.63, 3.8) is 0 Å². The van der Waals surface area contributed by atoms with Crippen LogP contribution in [0.15, 0.2) is 30.4 Å². The molecule has 2 amide bonds. The van der Waals surface area contributed by atoms with E-state index in [1.165, 1.54) is 0 Å². The molecule has 1 aromatic rings. The van der Waals surface area contributed by atoms with Crippen LogP contribution in [0.1, 0.15) is 10.4 Å². The van der Waals surface area contributed by atoms with Gasteiger partial charge in [-0.3, -0.25) is 9.59 Å². The van der Waals surface area contributed by atoms with E-state index in [0.29, 0.717) is 11.0 Å². The van der Waals surface area contributed by atoms with E-state index in [9.17, 15) is 23.9 Å². The molecular formula is C11H5FNO4-. The number of carbonyl (C=O) groups is 3. The second kappa shape index (κ2) is 3.82. The van der Waals surface area contributed by atoms with Crippen LogP contribution in [-0.4, -0.2) is 17.8 Å². The minimum Gasteiger partial charge on any atom is -0.545 e. The van der Waals surface area contributed by atoms with E-state index in [4.69, 9.17) is 0 Å². The van der Waals surface area contributed by atoms with Crippen molar-refractivity contribution in [3.05, 3.63) is 41.7 Å². The molecule has 0 N–H and O–H groups in total. The van der Waals surface area contributed by atoms with Crippen molar-refractivity contribution < 1.29 is 23.9 Å². The highest BCUT2D eigenvalue weighted by Crippen LogP contribution is 2.23. The molecule has 1 heterocycles. The molecule has 0 radical (unpaired) electrons. The molecule has 0 atom stereocenters. The number of aromatic carboxylic acids is 1. The molecule has 0 unspecified atom stereocenters. The van der Waals surface area contributed by atoms with Gasteiger partial charge >= 0.3 is 0 Å². The summed E-state index contributed by atoms with van der Waals surface area (Å²) in [6.07, 6.45) is 2.02. The number of carboxylic acids is 1. The molecule has 1 aromatic carbocycles. The summed E-state index contributed by atoms with van der Waals surface area (Å²) in [5.41, 5.74) is -0.645. The van der Waals surface area contributed by atoms with E-state index in [1.54, 1.807) is 0 Å². The number of halogens is 1. The predicted octanol–water partition coefficient (Wildman–Crippen LogP) is -0.381. The molecule has 5 nitrogen and oxygen atoms in total. The van der Waals surface area contributed by atoms with E-state index < -0.39 is 23.6 Å². The number of hydrogen-bond acceptors (Lipinski definition) is 4. The summed E-state index contributed by atoms with van der Waals surface area (Å²) in [5, 5.41) is 10.5. The average molecular weight is 234 g/mol. The molecule has 2 rings (SSSR count). The maximum absolute atomic E-state index is 13.5. The quantitative estimate of drug-likeness (QED) is 0.653. The van der Waals surface area contributed by atoms with Crippen molar-refractivity contribution in [1.29, 1.82) is 0 Å². The van der Waals surface area contributed by atoms with Crippen molar-refractivity contribution in [3.8, 4) is 0 Å². The highest BCUT2D eigenvalue weighted by molar-refractivity contribution is 6.28. The molecule has 17 heavy (non-hydrogen) atoms. The molecule has 0 saturated heterocycles. The first kappa shape index (κ1) is 11.0. The van der Waals surface area contributed by atoms with Gasteiger partial charge in [0.15, 0.2) is 0 Å². The van der Waals surface area contributed by atoms with Crippen LogP contribution in [0, 0.1) is 5.82 Å². The van der Waals surface area contributed by atoms with Gasteiger partial charge in [0, 0.05) is 17.7 Å². The Balaban J connectivity index is 2.44. The fourth-order valence-electron chi connectivity index (χ4n) is 1.45. The number of carboxylic acid groups (broad SMARTS) is 1. The number of anilines is 1. The van der Waals surface area contributed by atoms with Gasteiger partial charge in [-0.2, -0.15) is 0 Å². The van der Waals surface area contributed by atoms with Crippen LogP contribution in [0.3, 0.4) is 0 Å². The summed E-state index contributed by atoms with van der Waals surface area (Å²) >= 11 is 0. The molecule has 0 aliphatic carbocycles. The van der Waals surface area contributed by atoms with Gasteiger partial charge in [0.05, 0.1) is 11.7 Å². The van der Waals surface area contributed by atoms with Crippen LogP contribution in [-0.2, 0) is 9.59 Å². The summed E-state index contributed by atoms with van der Waals surface area (Å²) in [4.78, 5) is 33.7. The molecule has 0 spiro atoms. The van der Waals surface area contributed by atoms with E-state index >= 15 is 0 Å². The highest BCUT2D eigenvalue weighted by Gasteiger charge is 2.27. The predicted molar refractivity (Wildman–Crippen MR) is 52.4 cm³/mol. The minimum absolute atomic E-state index is 0.282. The zero-order valence-electron chi connectivity index (χ0n) is 8.34. The zero-order valence-corrected chi connectivity index (χ0v) is 8.34. The lowest BCUT2D eigenvalue weighted by Crippen LogP contribution is -2.30. The second-order valence-electron chi connectivity index (χ2n) is 3.30. The standard InChI is InChI=1S/C11H6FNO4/c12-7-5-6(11(16)17)1-2-8(7)13-9(14)3-4-10(13)15/h1-5H,(H,16,17)/p-1. The van der Waals surface area contributed by atoms with Crippen molar-refractivity contribution >= 4 is 23.5 Å². The summed E-state index contributed by atoms with van der Waals surface area (Å²) in [7, 11) is 0. The summed E-state index contributed by atoms with van der Waals surface area (Å²) < 4.78 is 13.5. The van der Waals surface area contributed by atoms with Gasteiger partial charge in [0.25, 0.3) is 11.8 Å². The Morgan fingerprint density at radius 2 is 1.76 bits per heavy atom. The normalized spacial score (nSPS) is 14.5. The Labute approximate surface area is 94.8 Å². The molecule has 86 valence electrons. The van der Waals surface area contributed by atoms with Crippen LogP contribution >= 0.6 is 0 Å². The van der Waals surface area contributed by atoms with E-state index in [-0.39, 0.29) is 11.3 Å². The molecule has 0 aromatic heterocycles. The maximum atomic E-state index is 13.5. The Hall–Kier alpha value is -2.50. The van der Waals surface area contributed by atoms with E-state index in [2.05, 4.69) is 0 Å².